The number of anilines is 2. The lowest BCUT2D eigenvalue weighted by atomic mass is 9.95. The maximum absolute atomic E-state index is 12.6. The monoisotopic (exact) mass is 457 g/mol. The zero-order chi connectivity index (χ0) is 23.6. The molecule has 0 heterocycles. The van der Waals surface area contributed by atoms with Crippen molar-refractivity contribution in [3.05, 3.63) is 90.0 Å². The van der Waals surface area contributed by atoms with Crippen LogP contribution in [0.25, 0.3) is 0 Å². The van der Waals surface area contributed by atoms with Gasteiger partial charge in [0.1, 0.15) is 12.4 Å². The van der Waals surface area contributed by atoms with Gasteiger partial charge in [-0.1, -0.05) is 55.7 Å². The van der Waals surface area contributed by atoms with Gasteiger partial charge in [0.2, 0.25) is 5.91 Å². The molecule has 3 N–H and O–H groups in total. The molecule has 0 bridgehead atoms. The maximum Gasteiger partial charge on any atom is 0.251 e. The van der Waals surface area contributed by atoms with Gasteiger partial charge in [-0.3, -0.25) is 9.59 Å². The average Bonchev–Trinajstić information content (AvgIpc) is 2.88. The van der Waals surface area contributed by atoms with Gasteiger partial charge in [-0.25, -0.2) is 0 Å². The van der Waals surface area contributed by atoms with E-state index in [0.29, 0.717) is 17.9 Å². The Hall–Kier alpha value is -3.80. The summed E-state index contributed by atoms with van der Waals surface area (Å²) in [6.45, 7) is 0.622. The molecule has 0 aliphatic heterocycles. The molecule has 6 heteroatoms. The fourth-order valence-corrected chi connectivity index (χ4v) is 4.05. The first kappa shape index (κ1) is 23.4. The van der Waals surface area contributed by atoms with Gasteiger partial charge in [0.25, 0.3) is 5.91 Å². The average molecular weight is 458 g/mol. The molecule has 0 unspecified atom stereocenters. The van der Waals surface area contributed by atoms with Crippen molar-refractivity contribution in [1.82, 2.24) is 5.32 Å². The second-order valence-electron chi connectivity index (χ2n) is 8.59. The van der Waals surface area contributed by atoms with Crippen LogP contribution in [-0.2, 0) is 11.4 Å². The lowest BCUT2D eigenvalue weighted by Gasteiger charge is -2.22. The second kappa shape index (κ2) is 11.9. The molecule has 1 aliphatic carbocycles. The molecule has 3 aromatic rings. The standard InChI is InChI=1S/C28H31N3O3/c32-27(19-29-23-14-16-26(17-15-23)34-20-21-8-3-1-4-9-21)30-25-13-7-10-22(18-25)28(33)31-24-11-5-2-6-12-24/h1,3-4,7-10,13-18,24,29H,2,5-6,11-12,19-20H2,(H,30,32)(H,31,33). The van der Waals surface area contributed by atoms with Crippen LogP contribution in [0.2, 0.25) is 0 Å². The summed E-state index contributed by atoms with van der Waals surface area (Å²) in [6, 6.07) is 24.8. The highest BCUT2D eigenvalue weighted by molar-refractivity contribution is 5.98. The number of hydrogen-bond acceptors (Lipinski definition) is 4. The fraction of sp³-hybridized carbons (Fsp3) is 0.286. The number of rotatable bonds is 9. The predicted molar refractivity (Wildman–Crippen MR) is 135 cm³/mol. The van der Waals surface area contributed by atoms with Crippen LogP contribution < -0.4 is 20.7 Å². The lowest BCUT2D eigenvalue weighted by molar-refractivity contribution is -0.114. The second-order valence-corrected chi connectivity index (χ2v) is 8.59. The molecule has 176 valence electrons. The van der Waals surface area contributed by atoms with Gasteiger partial charge in [-0.2, -0.15) is 0 Å². The largest absolute Gasteiger partial charge is 0.489 e. The molecular weight excluding hydrogens is 426 g/mol. The fourth-order valence-electron chi connectivity index (χ4n) is 4.05. The zero-order valence-electron chi connectivity index (χ0n) is 19.3. The van der Waals surface area contributed by atoms with Crippen molar-refractivity contribution >= 4 is 23.2 Å². The molecule has 4 rings (SSSR count). The molecule has 6 nitrogen and oxygen atoms in total. The summed E-state index contributed by atoms with van der Waals surface area (Å²) in [5.74, 6) is 0.493. The summed E-state index contributed by atoms with van der Waals surface area (Å²) in [4.78, 5) is 25.0. The van der Waals surface area contributed by atoms with Crippen molar-refractivity contribution < 1.29 is 14.3 Å². The number of ether oxygens (including phenoxy) is 1. The highest BCUT2D eigenvalue weighted by atomic mass is 16.5. The first-order chi connectivity index (χ1) is 16.7. The Kier molecular flexibility index (Phi) is 8.17. The minimum Gasteiger partial charge on any atom is -0.489 e. The van der Waals surface area contributed by atoms with Crippen LogP contribution in [0.1, 0.15) is 48.0 Å². The SMILES string of the molecule is O=C(CNc1ccc(OCc2ccccc2)cc1)Nc1cccc(C(=O)NC2CCCCC2)c1. The summed E-state index contributed by atoms with van der Waals surface area (Å²) in [6.07, 6.45) is 5.64. The van der Waals surface area contributed by atoms with Gasteiger partial charge in [0.05, 0.1) is 6.54 Å². The van der Waals surface area contributed by atoms with E-state index in [1.54, 1.807) is 24.3 Å². The maximum atomic E-state index is 12.6. The topological polar surface area (TPSA) is 79.5 Å². The number of nitrogens with one attached hydrogen (secondary N) is 3. The van der Waals surface area contributed by atoms with Crippen molar-refractivity contribution in [3.8, 4) is 5.75 Å². The summed E-state index contributed by atoms with van der Waals surface area (Å²) >= 11 is 0. The zero-order valence-corrected chi connectivity index (χ0v) is 19.3. The molecule has 0 saturated heterocycles. The van der Waals surface area contributed by atoms with Gasteiger partial charge in [-0.15, -0.1) is 0 Å². The first-order valence-corrected chi connectivity index (χ1v) is 11.9. The van der Waals surface area contributed by atoms with E-state index >= 15 is 0 Å². The number of hydrogen-bond donors (Lipinski definition) is 3. The van der Waals surface area contributed by atoms with E-state index in [0.717, 1.165) is 42.7 Å². The first-order valence-electron chi connectivity index (χ1n) is 11.9. The summed E-state index contributed by atoms with van der Waals surface area (Å²) in [7, 11) is 0. The Morgan fingerprint density at radius 2 is 1.59 bits per heavy atom. The van der Waals surface area contributed by atoms with Crippen LogP contribution in [0.4, 0.5) is 11.4 Å². The van der Waals surface area contributed by atoms with Gasteiger partial charge < -0.3 is 20.7 Å². The van der Waals surface area contributed by atoms with Gasteiger partial charge in [0.15, 0.2) is 0 Å². The molecule has 1 fully saturated rings. The Bertz CT molecular complexity index is 1080. The molecule has 3 aromatic carbocycles. The van der Waals surface area contributed by atoms with E-state index in [2.05, 4.69) is 16.0 Å². The highest BCUT2D eigenvalue weighted by Crippen LogP contribution is 2.19. The highest BCUT2D eigenvalue weighted by Gasteiger charge is 2.17. The molecule has 34 heavy (non-hydrogen) atoms. The molecule has 1 saturated carbocycles. The van der Waals surface area contributed by atoms with E-state index in [9.17, 15) is 9.59 Å². The molecular formula is C28H31N3O3. The van der Waals surface area contributed by atoms with E-state index in [1.165, 1.54) is 6.42 Å². The molecule has 2 amide bonds. The van der Waals surface area contributed by atoms with E-state index in [-0.39, 0.29) is 24.4 Å². The van der Waals surface area contributed by atoms with Gasteiger partial charge >= 0.3 is 0 Å². The van der Waals surface area contributed by atoms with Crippen molar-refractivity contribution in [2.24, 2.45) is 0 Å². The summed E-state index contributed by atoms with van der Waals surface area (Å²) in [5, 5.41) is 9.08. The summed E-state index contributed by atoms with van der Waals surface area (Å²) in [5.41, 5.74) is 3.09. The van der Waals surface area contributed by atoms with Crippen molar-refractivity contribution in [2.45, 2.75) is 44.8 Å². The predicted octanol–water partition coefficient (Wildman–Crippen LogP) is 5.38. The molecule has 0 radical (unpaired) electrons. The lowest BCUT2D eigenvalue weighted by Crippen LogP contribution is -2.36. The van der Waals surface area contributed by atoms with Crippen molar-refractivity contribution in [1.29, 1.82) is 0 Å². The van der Waals surface area contributed by atoms with Crippen LogP contribution in [0, 0.1) is 0 Å². The molecule has 0 aromatic heterocycles. The Balaban J connectivity index is 1.23. The smallest absolute Gasteiger partial charge is 0.251 e. The molecule has 0 spiro atoms. The van der Waals surface area contributed by atoms with Crippen molar-refractivity contribution in [3.63, 3.8) is 0 Å². The third-order valence-electron chi connectivity index (χ3n) is 5.90. The number of amides is 2. The van der Waals surface area contributed by atoms with E-state index < -0.39 is 0 Å². The van der Waals surface area contributed by atoms with Crippen LogP contribution in [0.15, 0.2) is 78.9 Å². The Labute approximate surface area is 200 Å². The summed E-state index contributed by atoms with van der Waals surface area (Å²) < 4.78 is 5.79. The molecule has 1 aliphatic rings. The third-order valence-corrected chi connectivity index (χ3v) is 5.90. The van der Waals surface area contributed by atoms with E-state index in [4.69, 9.17) is 4.74 Å². The Morgan fingerprint density at radius 3 is 2.35 bits per heavy atom. The van der Waals surface area contributed by atoms with E-state index in [1.807, 2.05) is 54.6 Å². The minimum atomic E-state index is -0.186. The number of carbonyl (C=O) groups is 2. The quantitative estimate of drug-likeness (QED) is 0.403. The van der Waals surface area contributed by atoms with Crippen LogP contribution in [0.3, 0.4) is 0 Å². The van der Waals surface area contributed by atoms with Gasteiger partial charge in [-0.05, 0) is 60.9 Å². The minimum absolute atomic E-state index is 0.0873. The number of benzene rings is 3. The van der Waals surface area contributed by atoms with Crippen LogP contribution >= 0.6 is 0 Å². The van der Waals surface area contributed by atoms with Crippen LogP contribution in [0.5, 0.6) is 5.75 Å². The van der Waals surface area contributed by atoms with Gasteiger partial charge in [0, 0.05) is 23.0 Å². The number of carbonyl (C=O) groups excluding carboxylic acids is 2. The normalized spacial score (nSPS) is 13.6. The van der Waals surface area contributed by atoms with Crippen molar-refractivity contribution in [2.75, 3.05) is 17.2 Å². The Morgan fingerprint density at radius 1 is 0.824 bits per heavy atom. The molecule has 0 atom stereocenters. The third kappa shape index (κ3) is 7.10. The van der Waals surface area contributed by atoms with Crippen LogP contribution in [-0.4, -0.2) is 24.4 Å².